The molecular formula is C7H9N3S. The molecule has 0 atom stereocenters. The molecule has 2 aromatic rings. The van der Waals surface area contributed by atoms with Crippen molar-refractivity contribution in [3.8, 4) is 0 Å². The van der Waals surface area contributed by atoms with Gasteiger partial charge in [-0.3, -0.25) is 5.10 Å². The maximum Gasteiger partial charge on any atom is 0.158 e. The Balaban J connectivity index is 2.68. The zero-order valence-corrected chi connectivity index (χ0v) is 7.27. The number of hydrogen-bond acceptors (Lipinski definition) is 3. The van der Waals surface area contributed by atoms with Crippen molar-refractivity contribution in [1.82, 2.24) is 10.2 Å². The fourth-order valence-corrected chi connectivity index (χ4v) is 1.80. The van der Waals surface area contributed by atoms with Crippen LogP contribution in [0.15, 0.2) is 11.4 Å². The van der Waals surface area contributed by atoms with Crippen molar-refractivity contribution in [1.29, 1.82) is 0 Å². The van der Waals surface area contributed by atoms with E-state index in [4.69, 9.17) is 0 Å². The third-order valence-corrected chi connectivity index (χ3v) is 2.41. The van der Waals surface area contributed by atoms with Gasteiger partial charge in [0.15, 0.2) is 5.82 Å². The summed E-state index contributed by atoms with van der Waals surface area (Å²) in [6.45, 7) is 0. The molecule has 4 heteroatoms. The lowest BCUT2D eigenvalue weighted by molar-refractivity contribution is 1.03. The number of nitrogens with zero attached hydrogens (tertiary/aromatic N) is 2. The Kier molecular flexibility index (Phi) is 1.35. The molecule has 2 heterocycles. The molecule has 0 fully saturated rings. The first-order chi connectivity index (χ1) is 5.29. The molecule has 58 valence electrons. The van der Waals surface area contributed by atoms with Crippen LogP contribution in [0.25, 0.3) is 10.2 Å². The lowest BCUT2D eigenvalue weighted by Gasteiger charge is -2.06. The first-order valence-electron chi connectivity index (χ1n) is 3.38. The molecule has 0 aliphatic heterocycles. The lowest BCUT2D eigenvalue weighted by atomic mass is 10.4. The lowest BCUT2D eigenvalue weighted by Crippen LogP contribution is -2.08. The van der Waals surface area contributed by atoms with Gasteiger partial charge in [0.2, 0.25) is 0 Å². The summed E-state index contributed by atoms with van der Waals surface area (Å²) in [6, 6.07) is 2.08. The van der Waals surface area contributed by atoms with E-state index in [0.717, 1.165) is 10.6 Å². The molecular weight excluding hydrogens is 158 g/mol. The molecule has 0 radical (unpaired) electrons. The van der Waals surface area contributed by atoms with Crippen molar-refractivity contribution in [2.45, 2.75) is 0 Å². The number of thiophene rings is 1. The summed E-state index contributed by atoms with van der Waals surface area (Å²) in [4.78, 5) is 3.15. The van der Waals surface area contributed by atoms with Gasteiger partial charge >= 0.3 is 0 Å². The van der Waals surface area contributed by atoms with Crippen molar-refractivity contribution in [2.75, 3.05) is 19.0 Å². The van der Waals surface area contributed by atoms with Crippen molar-refractivity contribution in [3.05, 3.63) is 11.4 Å². The van der Waals surface area contributed by atoms with E-state index in [1.165, 1.54) is 5.39 Å². The summed E-state index contributed by atoms with van der Waals surface area (Å²) in [5.74, 6) is 1.02. The second-order valence-electron chi connectivity index (χ2n) is 2.61. The van der Waals surface area contributed by atoms with Gasteiger partial charge in [0.05, 0.1) is 5.39 Å². The number of fused-ring (bicyclic) bond motifs is 1. The number of nitrogens with one attached hydrogen (secondary N) is 1. The summed E-state index contributed by atoms with van der Waals surface area (Å²) < 4.78 is 0. The molecule has 11 heavy (non-hydrogen) atoms. The highest BCUT2D eigenvalue weighted by molar-refractivity contribution is 7.16. The Morgan fingerprint density at radius 3 is 3.09 bits per heavy atom. The Morgan fingerprint density at radius 2 is 2.36 bits per heavy atom. The summed E-state index contributed by atoms with van der Waals surface area (Å²) in [5.41, 5.74) is 0. The van der Waals surface area contributed by atoms with Gasteiger partial charge in [-0.25, -0.2) is 0 Å². The van der Waals surface area contributed by atoms with Crippen molar-refractivity contribution in [2.24, 2.45) is 0 Å². The molecule has 0 bridgehead atoms. The van der Waals surface area contributed by atoms with Crippen LogP contribution >= 0.6 is 11.3 Å². The summed E-state index contributed by atoms with van der Waals surface area (Å²) >= 11 is 1.68. The van der Waals surface area contributed by atoms with Crippen LogP contribution in [0.3, 0.4) is 0 Å². The number of anilines is 1. The Hall–Kier alpha value is -1.03. The van der Waals surface area contributed by atoms with Gasteiger partial charge in [-0.1, -0.05) is 0 Å². The van der Waals surface area contributed by atoms with Crippen LogP contribution in [0, 0.1) is 0 Å². The number of rotatable bonds is 1. The van der Waals surface area contributed by atoms with Gasteiger partial charge in [0, 0.05) is 14.1 Å². The molecule has 3 nitrogen and oxygen atoms in total. The predicted octanol–water partition coefficient (Wildman–Crippen LogP) is 1.69. The minimum absolute atomic E-state index is 1.02. The van der Waals surface area contributed by atoms with Crippen LogP contribution in [-0.4, -0.2) is 24.3 Å². The molecule has 2 aromatic heterocycles. The average Bonchev–Trinajstić information content (AvgIpc) is 2.41. The van der Waals surface area contributed by atoms with E-state index >= 15 is 0 Å². The molecule has 0 saturated carbocycles. The fraction of sp³-hybridized carbons (Fsp3) is 0.286. The van der Waals surface area contributed by atoms with Crippen molar-refractivity contribution >= 4 is 27.4 Å². The topological polar surface area (TPSA) is 31.9 Å². The average molecular weight is 167 g/mol. The highest BCUT2D eigenvalue weighted by atomic mass is 32.1. The number of H-pyrrole nitrogens is 1. The van der Waals surface area contributed by atoms with Gasteiger partial charge in [-0.05, 0) is 11.4 Å². The van der Waals surface area contributed by atoms with Gasteiger partial charge in [0.25, 0.3) is 0 Å². The van der Waals surface area contributed by atoms with Gasteiger partial charge in [-0.15, -0.1) is 11.3 Å². The number of aromatic nitrogens is 2. The number of hydrogen-bond donors (Lipinski definition) is 1. The zero-order chi connectivity index (χ0) is 7.84. The van der Waals surface area contributed by atoms with Crippen molar-refractivity contribution in [3.63, 3.8) is 0 Å². The molecule has 0 unspecified atom stereocenters. The first kappa shape index (κ1) is 6.67. The van der Waals surface area contributed by atoms with E-state index in [-0.39, 0.29) is 0 Å². The van der Waals surface area contributed by atoms with E-state index in [1.54, 1.807) is 11.3 Å². The molecule has 1 N–H and O–H groups in total. The van der Waals surface area contributed by atoms with Gasteiger partial charge in [-0.2, -0.15) is 5.10 Å². The quantitative estimate of drug-likeness (QED) is 0.701. The van der Waals surface area contributed by atoms with Crippen LogP contribution < -0.4 is 4.90 Å². The Morgan fingerprint density at radius 1 is 1.55 bits per heavy atom. The molecule has 0 amide bonds. The van der Waals surface area contributed by atoms with Crippen LogP contribution in [0.2, 0.25) is 0 Å². The van der Waals surface area contributed by atoms with E-state index in [9.17, 15) is 0 Å². The SMILES string of the molecule is CN(C)c1n[nH]c2sccc12. The Bertz CT molecular complexity index is 360. The Labute approximate surface area is 68.6 Å². The van der Waals surface area contributed by atoms with Crippen LogP contribution in [0.5, 0.6) is 0 Å². The molecule has 0 aliphatic rings. The van der Waals surface area contributed by atoms with E-state index in [0.29, 0.717) is 0 Å². The highest BCUT2D eigenvalue weighted by Gasteiger charge is 2.06. The highest BCUT2D eigenvalue weighted by Crippen LogP contribution is 2.26. The molecule has 0 aliphatic carbocycles. The van der Waals surface area contributed by atoms with Crippen LogP contribution in [-0.2, 0) is 0 Å². The van der Waals surface area contributed by atoms with Gasteiger partial charge in [0.1, 0.15) is 4.83 Å². The van der Waals surface area contributed by atoms with Crippen LogP contribution in [0.1, 0.15) is 0 Å². The number of aromatic amines is 1. The minimum atomic E-state index is 1.02. The summed E-state index contributed by atoms with van der Waals surface area (Å²) in [5, 5.41) is 10.4. The standard InChI is InChI=1S/C7H9N3S/c1-10(2)6-5-3-4-11-7(5)9-8-6/h3-4H,1-2H3,(H,8,9). The maximum atomic E-state index is 4.17. The monoisotopic (exact) mass is 167 g/mol. The summed E-state index contributed by atoms with van der Waals surface area (Å²) in [7, 11) is 3.99. The fourth-order valence-electron chi connectivity index (χ4n) is 1.08. The molecule has 0 aromatic carbocycles. The zero-order valence-electron chi connectivity index (χ0n) is 6.46. The van der Waals surface area contributed by atoms with E-state index in [1.807, 2.05) is 19.0 Å². The summed E-state index contributed by atoms with van der Waals surface area (Å²) in [6.07, 6.45) is 0. The smallest absolute Gasteiger partial charge is 0.158 e. The van der Waals surface area contributed by atoms with Crippen LogP contribution in [0.4, 0.5) is 5.82 Å². The minimum Gasteiger partial charge on any atom is -0.361 e. The van der Waals surface area contributed by atoms with Crippen molar-refractivity contribution < 1.29 is 0 Å². The van der Waals surface area contributed by atoms with E-state index < -0.39 is 0 Å². The third kappa shape index (κ3) is 0.903. The predicted molar refractivity (Wildman–Crippen MR) is 48.3 cm³/mol. The molecule has 0 saturated heterocycles. The molecule has 0 spiro atoms. The van der Waals surface area contributed by atoms with E-state index in [2.05, 4.69) is 21.6 Å². The third-order valence-electron chi connectivity index (χ3n) is 1.59. The maximum absolute atomic E-state index is 4.17. The second-order valence-corrected chi connectivity index (χ2v) is 3.52. The molecule has 2 rings (SSSR count). The largest absolute Gasteiger partial charge is 0.361 e. The van der Waals surface area contributed by atoms with Gasteiger partial charge < -0.3 is 4.90 Å². The first-order valence-corrected chi connectivity index (χ1v) is 4.26. The normalized spacial score (nSPS) is 10.7. The second kappa shape index (κ2) is 2.23.